The van der Waals surface area contributed by atoms with Crippen molar-refractivity contribution in [3.05, 3.63) is 95.1 Å². The van der Waals surface area contributed by atoms with Gasteiger partial charge in [-0.15, -0.1) is 0 Å². The Morgan fingerprint density at radius 1 is 1.00 bits per heavy atom. The van der Waals surface area contributed by atoms with Crippen molar-refractivity contribution in [2.75, 3.05) is 6.54 Å². The number of halogens is 1. The number of carbonyl (C=O) groups is 2. The summed E-state index contributed by atoms with van der Waals surface area (Å²) in [5.41, 5.74) is 3.68. The van der Waals surface area contributed by atoms with E-state index in [0.717, 1.165) is 40.6 Å². The van der Waals surface area contributed by atoms with Gasteiger partial charge in [-0.05, 0) is 60.7 Å². The quantitative estimate of drug-likeness (QED) is 0.364. The largest absolute Gasteiger partial charge is 0.382 e. The van der Waals surface area contributed by atoms with Gasteiger partial charge >= 0.3 is 0 Å². The summed E-state index contributed by atoms with van der Waals surface area (Å²) in [5.74, 6) is -1.21. The van der Waals surface area contributed by atoms with Crippen LogP contribution in [0.15, 0.2) is 79.0 Å². The number of carbonyl (C=O) groups excluding carboxylic acids is 2. The molecule has 1 aromatic heterocycles. The normalized spacial score (nSPS) is 17.2. The summed E-state index contributed by atoms with van der Waals surface area (Å²) in [6.07, 6.45) is 0.122. The number of benzene rings is 3. The van der Waals surface area contributed by atoms with Crippen LogP contribution in [0.4, 0.5) is 0 Å². The summed E-state index contributed by atoms with van der Waals surface area (Å²) >= 11 is 6.11. The number of likely N-dealkylation sites (tertiary alicyclic amines) is 1. The van der Waals surface area contributed by atoms with Crippen LogP contribution in [0.25, 0.3) is 16.6 Å². The molecule has 1 unspecified atom stereocenters. The van der Waals surface area contributed by atoms with Gasteiger partial charge in [-0.25, -0.2) is 4.68 Å². The lowest BCUT2D eigenvalue weighted by molar-refractivity contribution is -0.153. The molecule has 1 fully saturated rings. The van der Waals surface area contributed by atoms with Gasteiger partial charge in [0.05, 0.1) is 23.4 Å². The Bertz CT molecular complexity index is 1420. The number of amides is 1. The standard InChI is InChI=1S/C29H28ClN3O4/c30-22-7-3-6-20(17-22)24-9-4-16-32(24)29(37)28(36)27(35)26(34)15-12-19-10-13-23(14-11-19)33-25-8-2-1-5-21(25)18-31-33/h1-3,5-8,10-11,13-14,17-18,24,27-28,35-36H,4,9,12,15-16H2/t24?,27-,28+/m0/s1. The molecule has 1 amide bonds. The summed E-state index contributed by atoms with van der Waals surface area (Å²) in [5, 5.41) is 27.1. The Morgan fingerprint density at radius 2 is 1.78 bits per heavy atom. The Hall–Kier alpha value is -3.52. The Kier molecular flexibility index (Phi) is 7.37. The number of hydrogen-bond donors (Lipinski definition) is 2. The van der Waals surface area contributed by atoms with Gasteiger partial charge in [0.25, 0.3) is 5.91 Å². The molecule has 1 aliphatic rings. The van der Waals surface area contributed by atoms with Crippen molar-refractivity contribution >= 4 is 34.2 Å². The predicted octanol–water partition coefficient (Wildman–Crippen LogP) is 4.27. The summed E-state index contributed by atoms with van der Waals surface area (Å²) in [7, 11) is 0. The molecule has 190 valence electrons. The van der Waals surface area contributed by atoms with E-state index < -0.39 is 23.9 Å². The molecule has 7 nitrogen and oxygen atoms in total. The van der Waals surface area contributed by atoms with Gasteiger partial charge in [0.15, 0.2) is 11.9 Å². The zero-order valence-electron chi connectivity index (χ0n) is 20.2. The summed E-state index contributed by atoms with van der Waals surface area (Å²) in [6.45, 7) is 0.450. The highest BCUT2D eigenvalue weighted by atomic mass is 35.5. The van der Waals surface area contributed by atoms with Gasteiger partial charge in [0.2, 0.25) is 0 Å². The lowest BCUT2D eigenvalue weighted by Crippen LogP contribution is -2.47. The molecule has 1 aliphatic heterocycles. The fraction of sp³-hybridized carbons (Fsp3) is 0.276. The first-order chi connectivity index (χ1) is 17.9. The molecule has 4 aromatic rings. The first-order valence-electron chi connectivity index (χ1n) is 12.4. The highest BCUT2D eigenvalue weighted by Gasteiger charge is 2.38. The number of Topliss-reactive ketones (excluding diaryl/α,β-unsaturated/α-hetero) is 1. The van der Waals surface area contributed by atoms with E-state index in [4.69, 9.17) is 11.6 Å². The van der Waals surface area contributed by atoms with Crippen LogP contribution in [0.5, 0.6) is 0 Å². The molecule has 0 aliphatic carbocycles. The van der Waals surface area contributed by atoms with Gasteiger partial charge < -0.3 is 15.1 Å². The van der Waals surface area contributed by atoms with E-state index in [1.165, 1.54) is 4.90 Å². The number of aliphatic hydroxyl groups is 2. The van der Waals surface area contributed by atoms with Crippen molar-refractivity contribution < 1.29 is 19.8 Å². The minimum absolute atomic E-state index is 0.00722. The summed E-state index contributed by atoms with van der Waals surface area (Å²) in [6, 6.07) is 22.6. The number of aromatic nitrogens is 2. The maximum absolute atomic E-state index is 13.0. The second kappa shape index (κ2) is 10.8. The van der Waals surface area contributed by atoms with E-state index >= 15 is 0 Å². The first kappa shape index (κ1) is 25.1. The fourth-order valence-electron chi connectivity index (χ4n) is 4.97. The van der Waals surface area contributed by atoms with Gasteiger partial charge in [-0.1, -0.05) is 54.1 Å². The molecule has 0 spiro atoms. The maximum Gasteiger partial charge on any atom is 0.255 e. The lowest BCUT2D eigenvalue weighted by Gasteiger charge is -2.28. The third-order valence-corrected chi connectivity index (χ3v) is 7.20. The Labute approximate surface area is 219 Å². The van der Waals surface area contributed by atoms with Crippen molar-refractivity contribution in [3.63, 3.8) is 0 Å². The van der Waals surface area contributed by atoms with Crippen LogP contribution in [-0.2, 0) is 16.0 Å². The topological polar surface area (TPSA) is 95.7 Å². The third-order valence-electron chi connectivity index (χ3n) is 6.97. The average molecular weight is 518 g/mol. The predicted molar refractivity (Wildman–Crippen MR) is 142 cm³/mol. The van der Waals surface area contributed by atoms with Crippen molar-refractivity contribution in [2.45, 2.75) is 43.9 Å². The third kappa shape index (κ3) is 5.30. The number of nitrogens with zero attached hydrogens (tertiary/aromatic N) is 3. The number of para-hydroxylation sites is 1. The monoisotopic (exact) mass is 517 g/mol. The minimum atomic E-state index is -1.80. The number of hydrogen-bond acceptors (Lipinski definition) is 5. The molecular formula is C29H28ClN3O4. The molecular weight excluding hydrogens is 490 g/mol. The molecule has 2 N–H and O–H groups in total. The van der Waals surface area contributed by atoms with Crippen molar-refractivity contribution in [1.29, 1.82) is 0 Å². The zero-order chi connectivity index (χ0) is 25.9. The molecule has 0 bridgehead atoms. The van der Waals surface area contributed by atoms with E-state index in [2.05, 4.69) is 5.10 Å². The van der Waals surface area contributed by atoms with Crippen LogP contribution in [0.1, 0.15) is 36.4 Å². The van der Waals surface area contributed by atoms with Gasteiger partial charge in [-0.3, -0.25) is 9.59 Å². The molecule has 3 atom stereocenters. The maximum atomic E-state index is 13.0. The highest BCUT2D eigenvalue weighted by molar-refractivity contribution is 6.30. The molecule has 0 radical (unpaired) electrons. The molecule has 8 heteroatoms. The van der Waals surface area contributed by atoms with Crippen LogP contribution in [0, 0.1) is 0 Å². The number of aliphatic hydroxyl groups excluding tert-OH is 2. The summed E-state index contributed by atoms with van der Waals surface area (Å²) in [4.78, 5) is 27.2. The smallest absolute Gasteiger partial charge is 0.255 e. The molecule has 37 heavy (non-hydrogen) atoms. The molecule has 3 aromatic carbocycles. The molecule has 0 saturated carbocycles. The van der Waals surface area contributed by atoms with Crippen molar-refractivity contribution in [2.24, 2.45) is 0 Å². The molecule has 2 heterocycles. The Morgan fingerprint density at radius 3 is 2.57 bits per heavy atom. The van der Waals surface area contributed by atoms with Crippen LogP contribution < -0.4 is 0 Å². The minimum Gasteiger partial charge on any atom is -0.382 e. The molecule has 1 saturated heterocycles. The van der Waals surface area contributed by atoms with Crippen molar-refractivity contribution in [1.82, 2.24) is 14.7 Å². The second-order valence-corrected chi connectivity index (χ2v) is 9.82. The number of ketones is 1. The van der Waals surface area contributed by atoms with Crippen molar-refractivity contribution in [3.8, 4) is 5.69 Å². The van der Waals surface area contributed by atoms with E-state index in [9.17, 15) is 19.8 Å². The van der Waals surface area contributed by atoms with Crippen LogP contribution in [0.2, 0.25) is 5.02 Å². The number of aryl methyl sites for hydroxylation is 1. The van der Waals surface area contributed by atoms with Gasteiger partial charge in [0.1, 0.15) is 6.10 Å². The van der Waals surface area contributed by atoms with Crippen LogP contribution in [-0.4, -0.2) is 55.3 Å². The van der Waals surface area contributed by atoms with Crippen LogP contribution in [0.3, 0.4) is 0 Å². The summed E-state index contributed by atoms with van der Waals surface area (Å²) < 4.78 is 1.85. The number of rotatable bonds is 8. The first-order valence-corrected chi connectivity index (χ1v) is 12.8. The highest BCUT2D eigenvalue weighted by Crippen LogP contribution is 2.33. The lowest BCUT2D eigenvalue weighted by atomic mass is 10.00. The fourth-order valence-corrected chi connectivity index (χ4v) is 5.17. The van der Waals surface area contributed by atoms with E-state index in [1.807, 2.05) is 71.5 Å². The van der Waals surface area contributed by atoms with Gasteiger partial charge in [-0.2, -0.15) is 5.10 Å². The molecule has 5 rings (SSSR count). The van der Waals surface area contributed by atoms with E-state index in [-0.39, 0.29) is 12.5 Å². The van der Waals surface area contributed by atoms with E-state index in [1.54, 1.807) is 12.1 Å². The Balaban J connectivity index is 1.19. The van der Waals surface area contributed by atoms with Crippen LogP contribution >= 0.6 is 11.6 Å². The van der Waals surface area contributed by atoms with E-state index in [0.29, 0.717) is 18.0 Å². The average Bonchev–Trinajstić information content (AvgIpc) is 3.58. The second-order valence-electron chi connectivity index (χ2n) is 9.38. The van der Waals surface area contributed by atoms with Gasteiger partial charge in [0, 0.05) is 23.4 Å². The SMILES string of the molecule is O=C(CCc1ccc(-n2ncc3ccccc32)cc1)[C@H](O)[C@@H](O)C(=O)N1CCCC1c1cccc(Cl)c1. The zero-order valence-corrected chi connectivity index (χ0v) is 21.0. The number of fused-ring (bicyclic) bond motifs is 1.